The predicted octanol–water partition coefficient (Wildman–Crippen LogP) is 1.97. The number of nitrogens with zero attached hydrogens (tertiary/aromatic N) is 5. The minimum atomic E-state index is -0.184. The van der Waals surface area contributed by atoms with Crippen LogP contribution in [0.1, 0.15) is 35.1 Å². The number of pyridine rings is 1. The third-order valence-electron chi connectivity index (χ3n) is 4.39. The fourth-order valence-corrected chi connectivity index (χ4v) is 2.77. The number of carbonyl (C=O) groups excluding carboxylic acids is 1. The topological polar surface area (TPSA) is 98.7 Å². The first-order valence-corrected chi connectivity index (χ1v) is 9.50. The Labute approximate surface area is 171 Å². The summed E-state index contributed by atoms with van der Waals surface area (Å²) in [6.07, 6.45) is 4.02. The third kappa shape index (κ3) is 5.55. The SMILES string of the molecule is C=CN(C)c1nc(OCC)n(Cc2ccc(C)cn2)c1C(=O)N(C)CCCON. The number of amides is 1. The molecule has 158 valence electrons. The molecule has 0 aromatic carbocycles. The van der Waals surface area contributed by atoms with Gasteiger partial charge in [-0.15, -0.1) is 0 Å². The van der Waals surface area contributed by atoms with E-state index in [0.29, 0.717) is 50.2 Å². The van der Waals surface area contributed by atoms with Crippen LogP contribution in [0.15, 0.2) is 31.1 Å². The van der Waals surface area contributed by atoms with Crippen LogP contribution in [0, 0.1) is 6.92 Å². The van der Waals surface area contributed by atoms with Crippen molar-refractivity contribution in [1.82, 2.24) is 19.4 Å². The number of aromatic nitrogens is 3. The van der Waals surface area contributed by atoms with Crippen LogP contribution in [0.4, 0.5) is 5.82 Å². The molecule has 0 aliphatic heterocycles. The summed E-state index contributed by atoms with van der Waals surface area (Å²) in [5.41, 5.74) is 2.28. The molecule has 1 amide bonds. The molecule has 2 aromatic rings. The van der Waals surface area contributed by atoms with Gasteiger partial charge in [0, 0.05) is 26.8 Å². The van der Waals surface area contributed by atoms with E-state index in [0.717, 1.165) is 11.3 Å². The first-order chi connectivity index (χ1) is 13.9. The summed E-state index contributed by atoms with van der Waals surface area (Å²) in [6.45, 7) is 9.28. The number of hydrogen-bond acceptors (Lipinski definition) is 7. The molecule has 0 spiro atoms. The average Bonchev–Trinajstić information content (AvgIpc) is 3.06. The molecule has 0 saturated carbocycles. The van der Waals surface area contributed by atoms with Gasteiger partial charge in [-0.05, 0) is 38.1 Å². The van der Waals surface area contributed by atoms with Crippen molar-refractivity contribution < 1.29 is 14.4 Å². The van der Waals surface area contributed by atoms with E-state index in [1.165, 1.54) is 0 Å². The van der Waals surface area contributed by atoms with Crippen LogP contribution in [0.2, 0.25) is 0 Å². The molecule has 2 heterocycles. The van der Waals surface area contributed by atoms with E-state index in [1.54, 1.807) is 40.9 Å². The summed E-state index contributed by atoms with van der Waals surface area (Å²) in [4.78, 5) is 30.3. The molecule has 0 saturated heterocycles. The molecular formula is C20H30N6O3. The zero-order valence-corrected chi connectivity index (χ0v) is 17.6. The molecule has 0 radical (unpaired) electrons. The minimum absolute atomic E-state index is 0.184. The molecule has 0 aliphatic carbocycles. The van der Waals surface area contributed by atoms with Crippen LogP contribution in [-0.2, 0) is 11.4 Å². The maximum Gasteiger partial charge on any atom is 0.299 e. The summed E-state index contributed by atoms with van der Waals surface area (Å²) in [5.74, 6) is 5.37. The van der Waals surface area contributed by atoms with Gasteiger partial charge in [-0.1, -0.05) is 12.6 Å². The first-order valence-electron chi connectivity index (χ1n) is 9.50. The van der Waals surface area contributed by atoms with E-state index < -0.39 is 0 Å². The van der Waals surface area contributed by atoms with Crippen LogP contribution in [0.5, 0.6) is 6.01 Å². The summed E-state index contributed by atoms with van der Waals surface area (Å²) in [6, 6.07) is 4.27. The Morgan fingerprint density at radius 2 is 2.14 bits per heavy atom. The number of ether oxygens (including phenoxy) is 1. The molecule has 0 atom stereocenters. The van der Waals surface area contributed by atoms with E-state index in [1.807, 2.05) is 26.0 Å². The van der Waals surface area contributed by atoms with Crippen LogP contribution in [0.3, 0.4) is 0 Å². The van der Waals surface area contributed by atoms with Gasteiger partial charge in [-0.2, -0.15) is 4.98 Å². The highest BCUT2D eigenvalue weighted by Gasteiger charge is 2.28. The van der Waals surface area contributed by atoms with Gasteiger partial charge in [0.2, 0.25) is 0 Å². The van der Waals surface area contributed by atoms with Gasteiger partial charge in [-0.25, -0.2) is 5.90 Å². The minimum Gasteiger partial charge on any atom is -0.465 e. The predicted molar refractivity (Wildman–Crippen MR) is 112 cm³/mol. The summed E-state index contributed by atoms with van der Waals surface area (Å²) in [5, 5.41) is 0. The second-order valence-corrected chi connectivity index (χ2v) is 6.66. The largest absolute Gasteiger partial charge is 0.465 e. The number of imidazole rings is 1. The lowest BCUT2D eigenvalue weighted by atomic mass is 10.2. The van der Waals surface area contributed by atoms with Crippen LogP contribution in [0.25, 0.3) is 0 Å². The molecule has 0 bridgehead atoms. The molecule has 2 rings (SSSR count). The summed E-state index contributed by atoms with van der Waals surface area (Å²) in [7, 11) is 3.52. The highest BCUT2D eigenvalue weighted by atomic mass is 16.6. The number of carbonyl (C=O) groups is 1. The number of nitrogens with two attached hydrogens (primary N) is 1. The molecule has 9 nitrogen and oxygen atoms in total. The van der Waals surface area contributed by atoms with Crippen molar-refractivity contribution in [1.29, 1.82) is 0 Å². The summed E-state index contributed by atoms with van der Waals surface area (Å²) >= 11 is 0. The zero-order chi connectivity index (χ0) is 21.4. The second kappa shape index (κ2) is 10.6. The van der Waals surface area contributed by atoms with Gasteiger partial charge >= 0.3 is 0 Å². The first kappa shape index (κ1) is 22.4. The maximum absolute atomic E-state index is 13.3. The molecule has 2 aromatic heterocycles. The van der Waals surface area contributed by atoms with E-state index in [-0.39, 0.29) is 5.91 Å². The molecule has 0 aliphatic rings. The molecule has 0 unspecified atom stereocenters. The fraction of sp³-hybridized carbons (Fsp3) is 0.450. The smallest absolute Gasteiger partial charge is 0.299 e. The van der Waals surface area contributed by atoms with E-state index in [9.17, 15) is 4.79 Å². The molecule has 0 fully saturated rings. The lowest BCUT2D eigenvalue weighted by Gasteiger charge is -2.20. The van der Waals surface area contributed by atoms with Crippen molar-refractivity contribution >= 4 is 11.7 Å². The normalized spacial score (nSPS) is 10.7. The zero-order valence-electron chi connectivity index (χ0n) is 17.6. The van der Waals surface area contributed by atoms with E-state index in [2.05, 4.69) is 21.4 Å². The number of aryl methyl sites for hydroxylation is 1. The van der Waals surface area contributed by atoms with E-state index in [4.69, 9.17) is 10.6 Å². The Balaban J connectivity index is 2.49. The number of anilines is 1. The third-order valence-corrected chi connectivity index (χ3v) is 4.39. The van der Waals surface area contributed by atoms with Gasteiger partial charge in [0.05, 0.1) is 25.5 Å². The monoisotopic (exact) mass is 402 g/mol. The van der Waals surface area contributed by atoms with Crippen molar-refractivity contribution in [2.45, 2.75) is 26.8 Å². The van der Waals surface area contributed by atoms with Crippen molar-refractivity contribution in [3.8, 4) is 6.01 Å². The lowest BCUT2D eigenvalue weighted by Crippen LogP contribution is -2.32. The van der Waals surface area contributed by atoms with Crippen LogP contribution < -0.4 is 15.5 Å². The number of hydrogen-bond donors (Lipinski definition) is 1. The summed E-state index contributed by atoms with van der Waals surface area (Å²) < 4.78 is 7.49. The Hall–Kier alpha value is -2.91. The van der Waals surface area contributed by atoms with Crippen molar-refractivity contribution in [3.63, 3.8) is 0 Å². The van der Waals surface area contributed by atoms with Crippen LogP contribution in [-0.4, -0.2) is 59.2 Å². The van der Waals surface area contributed by atoms with Gasteiger partial charge < -0.3 is 19.4 Å². The Kier molecular flexibility index (Phi) is 8.17. The molecule has 29 heavy (non-hydrogen) atoms. The Morgan fingerprint density at radius 1 is 1.38 bits per heavy atom. The number of rotatable bonds is 11. The Bertz CT molecular complexity index is 818. The average molecular weight is 402 g/mol. The quantitative estimate of drug-likeness (QED) is 0.453. The standard InChI is InChI=1S/C20H30N6O3/c1-6-24(4)18-17(19(27)25(5)11-8-12-29-21)26(20(23-18)28-7-2)14-16-10-9-15(3)13-22-16/h6,9-10,13H,1,7-8,11-12,14,21H2,2-5H3. The highest BCUT2D eigenvalue weighted by Crippen LogP contribution is 2.28. The van der Waals surface area contributed by atoms with Crippen molar-refractivity contribution in [2.24, 2.45) is 5.90 Å². The highest BCUT2D eigenvalue weighted by molar-refractivity contribution is 5.98. The Morgan fingerprint density at radius 3 is 2.72 bits per heavy atom. The second-order valence-electron chi connectivity index (χ2n) is 6.66. The van der Waals surface area contributed by atoms with Gasteiger partial charge in [-0.3, -0.25) is 14.3 Å². The molecular weight excluding hydrogens is 372 g/mol. The molecule has 2 N–H and O–H groups in total. The van der Waals surface area contributed by atoms with Crippen LogP contribution >= 0.6 is 0 Å². The fourth-order valence-electron chi connectivity index (χ4n) is 2.77. The van der Waals surface area contributed by atoms with Crippen molar-refractivity contribution in [3.05, 3.63) is 48.1 Å². The van der Waals surface area contributed by atoms with Gasteiger partial charge in [0.1, 0.15) is 0 Å². The van der Waals surface area contributed by atoms with Crippen molar-refractivity contribution in [2.75, 3.05) is 38.8 Å². The van der Waals surface area contributed by atoms with Gasteiger partial charge in [0.15, 0.2) is 11.5 Å². The van der Waals surface area contributed by atoms with E-state index >= 15 is 0 Å². The lowest BCUT2D eigenvalue weighted by molar-refractivity contribution is 0.0753. The maximum atomic E-state index is 13.3. The van der Waals surface area contributed by atoms with Gasteiger partial charge in [0.25, 0.3) is 11.9 Å². The molecule has 9 heteroatoms.